The number of nitrogens with zero attached hydrogens (tertiary/aromatic N) is 3. The SMILES string of the molecule is CC1CCc2c(sc3nnn(CC(=O)Nc4cc(C(F)(F)F)ccc4Cl)c(=O)c23)C1. The molecule has 1 atom stereocenters. The van der Waals surface area contributed by atoms with E-state index in [2.05, 4.69) is 22.6 Å². The Morgan fingerprint density at radius 1 is 1.40 bits per heavy atom. The van der Waals surface area contributed by atoms with E-state index in [1.165, 1.54) is 11.3 Å². The molecule has 1 aromatic carbocycles. The molecule has 2 aromatic heterocycles. The maximum Gasteiger partial charge on any atom is 0.416 e. The van der Waals surface area contributed by atoms with E-state index in [9.17, 15) is 22.8 Å². The Morgan fingerprint density at radius 2 is 2.17 bits per heavy atom. The molecule has 158 valence electrons. The van der Waals surface area contributed by atoms with Gasteiger partial charge in [-0.3, -0.25) is 9.59 Å². The lowest BCUT2D eigenvalue weighted by molar-refractivity contribution is -0.137. The second-order valence-corrected chi connectivity index (χ2v) is 8.82. The number of nitrogens with one attached hydrogen (secondary N) is 1. The third-order valence-electron chi connectivity index (χ3n) is 5.05. The van der Waals surface area contributed by atoms with E-state index in [1.807, 2.05) is 0 Å². The van der Waals surface area contributed by atoms with Gasteiger partial charge in [0.15, 0.2) is 4.83 Å². The van der Waals surface area contributed by atoms with Crippen LogP contribution in [0.2, 0.25) is 5.02 Å². The van der Waals surface area contributed by atoms with Crippen molar-refractivity contribution in [1.29, 1.82) is 0 Å². The maximum atomic E-state index is 12.9. The highest BCUT2D eigenvalue weighted by atomic mass is 35.5. The summed E-state index contributed by atoms with van der Waals surface area (Å²) in [7, 11) is 0. The molecule has 0 aliphatic heterocycles. The molecule has 0 saturated carbocycles. The third kappa shape index (κ3) is 3.93. The van der Waals surface area contributed by atoms with Crippen molar-refractivity contribution in [2.45, 2.75) is 38.9 Å². The number of alkyl halides is 3. The zero-order valence-electron chi connectivity index (χ0n) is 15.7. The zero-order valence-corrected chi connectivity index (χ0v) is 17.3. The van der Waals surface area contributed by atoms with Crippen LogP contribution in [0.25, 0.3) is 10.2 Å². The van der Waals surface area contributed by atoms with Gasteiger partial charge in [0.05, 0.1) is 21.7 Å². The molecule has 1 aliphatic rings. The lowest BCUT2D eigenvalue weighted by Crippen LogP contribution is -2.30. The molecule has 1 unspecified atom stereocenters. The molecule has 0 radical (unpaired) electrons. The van der Waals surface area contributed by atoms with Gasteiger partial charge in [0.1, 0.15) is 6.54 Å². The molecule has 1 amide bonds. The number of thiophene rings is 1. The second-order valence-electron chi connectivity index (χ2n) is 7.32. The fraction of sp³-hybridized carbons (Fsp3) is 0.368. The minimum atomic E-state index is -4.58. The molecular weight excluding hydrogens is 441 g/mol. The standard InChI is InChI=1S/C19H16ClF3N4O2S/c1-9-2-4-11-14(6-9)30-17-16(11)18(29)27(26-25-17)8-15(28)24-13-7-10(19(21,22)23)3-5-12(13)20/h3,5,7,9H,2,4,6,8H2,1H3,(H,24,28). The Balaban J connectivity index is 1.60. The maximum absolute atomic E-state index is 12.9. The van der Waals surface area contributed by atoms with Gasteiger partial charge < -0.3 is 5.32 Å². The van der Waals surface area contributed by atoms with Crippen LogP contribution in [0.5, 0.6) is 0 Å². The number of hydrogen-bond acceptors (Lipinski definition) is 5. The predicted octanol–water partition coefficient (Wildman–Crippen LogP) is 4.29. The average Bonchev–Trinajstić information content (AvgIpc) is 3.03. The number of anilines is 1. The van der Waals surface area contributed by atoms with Crippen molar-refractivity contribution in [3.8, 4) is 0 Å². The van der Waals surface area contributed by atoms with Crippen LogP contribution in [0, 0.1) is 5.92 Å². The first-order valence-electron chi connectivity index (χ1n) is 9.18. The number of rotatable bonds is 3. The number of hydrogen-bond donors (Lipinski definition) is 1. The highest BCUT2D eigenvalue weighted by Gasteiger charge is 2.31. The topological polar surface area (TPSA) is 76.9 Å². The molecule has 1 N–H and O–H groups in total. The Hall–Kier alpha value is -2.46. The van der Waals surface area contributed by atoms with E-state index in [1.54, 1.807) is 0 Å². The second kappa shape index (κ2) is 7.66. The predicted molar refractivity (Wildman–Crippen MR) is 108 cm³/mol. The molecule has 30 heavy (non-hydrogen) atoms. The number of aryl methyl sites for hydroxylation is 1. The van der Waals surface area contributed by atoms with Crippen molar-refractivity contribution in [3.05, 3.63) is 49.6 Å². The van der Waals surface area contributed by atoms with Crippen LogP contribution in [0.4, 0.5) is 18.9 Å². The van der Waals surface area contributed by atoms with Gasteiger partial charge in [0, 0.05) is 4.88 Å². The largest absolute Gasteiger partial charge is 0.416 e. The minimum absolute atomic E-state index is 0.0498. The van der Waals surface area contributed by atoms with Gasteiger partial charge in [-0.15, -0.1) is 16.4 Å². The van der Waals surface area contributed by atoms with Crippen molar-refractivity contribution < 1.29 is 18.0 Å². The summed E-state index contributed by atoms with van der Waals surface area (Å²) < 4.78 is 39.6. The van der Waals surface area contributed by atoms with E-state index >= 15 is 0 Å². The first-order chi connectivity index (χ1) is 14.1. The molecular formula is C19H16ClF3N4O2S. The Kier molecular flexibility index (Phi) is 5.31. The monoisotopic (exact) mass is 456 g/mol. The summed E-state index contributed by atoms with van der Waals surface area (Å²) in [5.74, 6) is -0.201. The van der Waals surface area contributed by atoms with E-state index in [-0.39, 0.29) is 10.7 Å². The molecule has 11 heteroatoms. The van der Waals surface area contributed by atoms with Crippen molar-refractivity contribution in [3.63, 3.8) is 0 Å². The van der Waals surface area contributed by atoms with Crippen LogP contribution in [0.1, 0.15) is 29.3 Å². The molecule has 0 saturated heterocycles. The molecule has 0 fully saturated rings. The van der Waals surface area contributed by atoms with Crippen molar-refractivity contribution in [1.82, 2.24) is 15.0 Å². The Morgan fingerprint density at radius 3 is 2.90 bits per heavy atom. The number of benzene rings is 1. The Bertz CT molecular complexity index is 1200. The smallest absolute Gasteiger partial charge is 0.323 e. The Labute approximate surface area is 177 Å². The van der Waals surface area contributed by atoms with E-state index in [0.717, 1.165) is 52.6 Å². The normalized spacial score (nSPS) is 16.5. The molecule has 6 nitrogen and oxygen atoms in total. The average molecular weight is 457 g/mol. The number of carbonyl (C=O) groups excluding carboxylic acids is 1. The lowest BCUT2D eigenvalue weighted by atomic mass is 9.89. The number of carbonyl (C=O) groups is 1. The molecule has 2 heterocycles. The van der Waals surface area contributed by atoms with E-state index in [4.69, 9.17) is 11.6 Å². The van der Waals surface area contributed by atoms with Crippen LogP contribution in [0.15, 0.2) is 23.0 Å². The summed E-state index contributed by atoms with van der Waals surface area (Å²) in [6, 6.07) is 2.62. The first-order valence-corrected chi connectivity index (χ1v) is 10.4. The van der Waals surface area contributed by atoms with Crippen molar-refractivity contribution >= 4 is 44.7 Å². The number of aromatic nitrogens is 3. The molecule has 4 rings (SSSR count). The highest BCUT2D eigenvalue weighted by Crippen LogP contribution is 2.35. The van der Waals surface area contributed by atoms with Gasteiger partial charge >= 0.3 is 6.18 Å². The van der Waals surface area contributed by atoms with Gasteiger partial charge in [-0.1, -0.05) is 23.7 Å². The van der Waals surface area contributed by atoms with Crippen LogP contribution < -0.4 is 10.9 Å². The summed E-state index contributed by atoms with van der Waals surface area (Å²) in [4.78, 5) is 26.9. The summed E-state index contributed by atoms with van der Waals surface area (Å²) >= 11 is 7.34. The molecule has 3 aromatic rings. The third-order valence-corrected chi connectivity index (χ3v) is 6.51. The van der Waals surface area contributed by atoms with Gasteiger partial charge in [-0.25, -0.2) is 4.68 Å². The quantitative estimate of drug-likeness (QED) is 0.638. The summed E-state index contributed by atoms with van der Waals surface area (Å²) in [6.45, 7) is 1.66. The highest BCUT2D eigenvalue weighted by molar-refractivity contribution is 7.18. The van der Waals surface area contributed by atoms with Gasteiger partial charge in [0.25, 0.3) is 5.56 Å². The van der Waals surface area contributed by atoms with Gasteiger partial charge in [-0.2, -0.15) is 13.2 Å². The molecule has 0 bridgehead atoms. The zero-order chi connectivity index (χ0) is 21.6. The number of halogens is 4. The lowest BCUT2D eigenvalue weighted by Gasteiger charge is -2.17. The summed E-state index contributed by atoms with van der Waals surface area (Å²) in [6.07, 6.45) is -1.96. The number of amides is 1. The van der Waals surface area contributed by atoms with Gasteiger partial charge in [0.2, 0.25) is 5.91 Å². The van der Waals surface area contributed by atoms with Crippen LogP contribution in [-0.4, -0.2) is 20.9 Å². The van der Waals surface area contributed by atoms with Gasteiger partial charge in [-0.05, 0) is 48.9 Å². The summed E-state index contributed by atoms with van der Waals surface area (Å²) in [5.41, 5.74) is -0.611. The van der Waals surface area contributed by atoms with Crippen LogP contribution in [-0.2, 0) is 30.4 Å². The molecule has 1 aliphatic carbocycles. The van der Waals surface area contributed by atoms with Crippen LogP contribution >= 0.6 is 22.9 Å². The minimum Gasteiger partial charge on any atom is -0.323 e. The van der Waals surface area contributed by atoms with Crippen molar-refractivity contribution in [2.75, 3.05) is 5.32 Å². The summed E-state index contributed by atoms with van der Waals surface area (Å²) in [5, 5.41) is 10.6. The number of fused-ring (bicyclic) bond motifs is 3. The van der Waals surface area contributed by atoms with Crippen molar-refractivity contribution in [2.24, 2.45) is 5.92 Å². The first kappa shape index (κ1) is 20.8. The molecule has 0 spiro atoms. The fourth-order valence-electron chi connectivity index (χ4n) is 3.52. The van der Waals surface area contributed by atoms with E-state index in [0.29, 0.717) is 16.1 Å². The van der Waals surface area contributed by atoms with E-state index < -0.39 is 29.8 Å². The fourth-order valence-corrected chi connectivity index (χ4v) is 5.00. The van der Waals surface area contributed by atoms with Crippen LogP contribution in [0.3, 0.4) is 0 Å².